The summed E-state index contributed by atoms with van der Waals surface area (Å²) in [5.74, 6) is 0.410. The van der Waals surface area contributed by atoms with Crippen LogP contribution in [-0.4, -0.2) is 5.11 Å². The molecular formula is C11H18N2O. The number of hydrogen-bond donors (Lipinski definition) is 3. The second-order valence-corrected chi connectivity index (χ2v) is 4.00. The van der Waals surface area contributed by atoms with Gasteiger partial charge in [0.1, 0.15) is 5.75 Å². The van der Waals surface area contributed by atoms with Crippen LogP contribution >= 0.6 is 0 Å². The molecule has 14 heavy (non-hydrogen) atoms. The second kappa shape index (κ2) is 3.88. The lowest BCUT2D eigenvalue weighted by Crippen LogP contribution is -2.18. The first-order valence-electron chi connectivity index (χ1n) is 4.78. The van der Waals surface area contributed by atoms with Crippen LogP contribution in [0.2, 0.25) is 0 Å². The Labute approximate surface area is 84.7 Å². The summed E-state index contributed by atoms with van der Waals surface area (Å²) in [6.07, 6.45) is 0. The molecule has 0 aromatic heterocycles. The summed E-state index contributed by atoms with van der Waals surface area (Å²) < 4.78 is 0. The Morgan fingerprint density at radius 3 is 2.36 bits per heavy atom. The number of phenolic OH excluding ortho intramolecular Hbond substituents is 1. The van der Waals surface area contributed by atoms with Gasteiger partial charge < -0.3 is 16.6 Å². The number of aromatic hydroxyl groups is 1. The topological polar surface area (TPSA) is 72.3 Å². The van der Waals surface area contributed by atoms with Crippen molar-refractivity contribution >= 4 is 5.69 Å². The highest BCUT2D eigenvalue weighted by molar-refractivity contribution is 5.59. The van der Waals surface area contributed by atoms with Gasteiger partial charge in [-0.15, -0.1) is 0 Å². The largest absolute Gasteiger partial charge is 0.505 e. The first-order chi connectivity index (χ1) is 6.45. The number of phenols is 1. The monoisotopic (exact) mass is 194 g/mol. The minimum Gasteiger partial charge on any atom is -0.505 e. The zero-order chi connectivity index (χ0) is 10.9. The normalized spacial score (nSPS) is 13.2. The molecule has 1 rings (SSSR count). The van der Waals surface area contributed by atoms with Gasteiger partial charge >= 0.3 is 0 Å². The average Bonchev–Trinajstić information content (AvgIpc) is 2.12. The molecule has 1 atom stereocenters. The van der Waals surface area contributed by atoms with Crippen molar-refractivity contribution in [1.29, 1.82) is 0 Å². The number of benzene rings is 1. The fourth-order valence-electron chi connectivity index (χ4n) is 1.48. The van der Waals surface area contributed by atoms with E-state index in [1.807, 2.05) is 26.8 Å². The molecule has 0 radical (unpaired) electrons. The maximum absolute atomic E-state index is 9.79. The molecule has 0 saturated heterocycles. The fourth-order valence-corrected chi connectivity index (χ4v) is 1.48. The van der Waals surface area contributed by atoms with E-state index >= 15 is 0 Å². The third-order valence-electron chi connectivity index (χ3n) is 2.52. The molecule has 1 aromatic carbocycles. The SMILES string of the molecule is Cc1ccc(N)c(O)c1[C@@H](N)C(C)C. The summed E-state index contributed by atoms with van der Waals surface area (Å²) in [5, 5.41) is 9.79. The van der Waals surface area contributed by atoms with E-state index in [2.05, 4.69) is 0 Å². The Hall–Kier alpha value is -1.22. The Bertz CT molecular complexity index is 334. The molecule has 1 aromatic rings. The van der Waals surface area contributed by atoms with Gasteiger partial charge in [0.05, 0.1) is 5.69 Å². The van der Waals surface area contributed by atoms with Gasteiger partial charge in [0.2, 0.25) is 0 Å². The van der Waals surface area contributed by atoms with Crippen molar-refractivity contribution < 1.29 is 5.11 Å². The van der Waals surface area contributed by atoms with E-state index in [0.29, 0.717) is 5.69 Å². The molecule has 0 bridgehead atoms. The van der Waals surface area contributed by atoms with Crippen LogP contribution in [0.4, 0.5) is 5.69 Å². The number of nitrogen functional groups attached to an aromatic ring is 1. The van der Waals surface area contributed by atoms with Gasteiger partial charge in [0.15, 0.2) is 0 Å². The van der Waals surface area contributed by atoms with Crippen LogP contribution in [0.3, 0.4) is 0 Å². The lowest BCUT2D eigenvalue weighted by atomic mass is 9.92. The van der Waals surface area contributed by atoms with Gasteiger partial charge in [0, 0.05) is 11.6 Å². The van der Waals surface area contributed by atoms with E-state index < -0.39 is 0 Å². The standard InChI is InChI=1S/C11H18N2O/c1-6(2)10(13)9-7(3)4-5-8(12)11(9)14/h4-6,10,14H,12-13H2,1-3H3/t10-/m0/s1. The molecule has 78 valence electrons. The molecule has 0 spiro atoms. The summed E-state index contributed by atoms with van der Waals surface area (Å²) in [5.41, 5.74) is 13.8. The molecule has 5 N–H and O–H groups in total. The van der Waals surface area contributed by atoms with Gasteiger partial charge in [0.25, 0.3) is 0 Å². The van der Waals surface area contributed by atoms with Gasteiger partial charge in [-0.05, 0) is 24.5 Å². The molecule has 0 saturated carbocycles. The lowest BCUT2D eigenvalue weighted by Gasteiger charge is -2.20. The molecule has 0 unspecified atom stereocenters. The third kappa shape index (κ3) is 1.82. The van der Waals surface area contributed by atoms with E-state index in [0.717, 1.165) is 11.1 Å². The number of nitrogens with two attached hydrogens (primary N) is 2. The van der Waals surface area contributed by atoms with Crippen molar-refractivity contribution in [3.63, 3.8) is 0 Å². The molecule has 0 fully saturated rings. The van der Waals surface area contributed by atoms with Crippen molar-refractivity contribution in [3.8, 4) is 5.75 Å². The van der Waals surface area contributed by atoms with E-state index in [-0.39, 0.29) is 17.7 Å². The molecule has 3 heteroatoms. The quantitative estimate of drug-likeness (QED) is 0.497. The maximum Gasteiger partial charge on any atom is 0.143 e. The van der Waals surface area contributed by atoms with Gasteiger partial charge in [-0.1, -0.05) is 19.9 Å². The zero-order valence-corrected chi connectivity index (χ0v) is 8.91. The van der Waals surface area contributed by atoms with Gasteiger partial charge in [-0.2, -0.15) is 0 Å². The summed E-state index contributed by atoms with van der Waals surface area (Å²) in [7, 11) is 0. The Kier molecular flexibility index (Phi) is 3.01. The summed E-state index contributed by atoms with van der Waals surface area (Å²) in [4.78, 5) is 0. The van der Waals surface area contributed by atoms with Crippen LogP contribution in [0.5, 0.6) is 5.75 Å². The highest BCUT2D eigenvalue weighted by Crippen LogP contribution is 2.34. The molecule has 0 heterocycles. The molecule has 0 aliphatic carbocycles. The fraction of sp³-hybridized carbons (Fsp3) is 0.455. The van der Waals surface area contributed by atoms with Crippen molar-refractivity contribution in [2.24, 2.45) is 11.7 Å². The Morgan fingerprint density at radius 1 is 1.29 bits per heavy atom. The predicted octanol–water partition coefficient (Wildman–Crippen LogP) is 1.94. The second-order valence-electron chi connectivity index (χ2n) is 4.00. The Morgan fingerprint density at radius 2 is 1.86 bits per heavy atom. The zero-order valence-electron chi connectivity index (χ0n) is 8.91. The van der Waals surface area contributed by atoms with Crippen LogP contribution in [0.1, 0.15) is 31.0 Å². The van der Waals surface area contributed by atoms with Crippen LogP contribution < -0.4 is 11.5 Å². The van der Waals surface area contributed by atoms with E-state index in [9.17, 15) is 5.11 Å². The van der Waals surface area contributed by atoms with E-state index in [4.69, 9.17) is 11.5 Å². The molecule has 0 aliphatic heterocycles. The minimum atomic E-state index is -0.168. The van der Waals surface area contributed by atoms with E-state index in [1.165, 1.54) is 0 Å². The van der Waals surface area contributed by atoms with Crippen molar-refractivity contribution in [2.45, 2.75) is 26.8 Å². The Balaban J connectivity index is 3.25. The van der Waals surface area contributed by atoms with Gasteiger partial charge in [-0.3, -0.25) is 0 Å². The summed E-state index contributed by atoms with van der Waals surface area (Å²) in [6.45, 7) is 5.97. The van der Waals surface area contributed by atoms with Crippen LogP contribution in [0.15, 0.2) is 12.1 Å². The average molecular weight is 194 g/mol. The minimum absolute atomic E-state index is 0.131. The molecular weight excluding hydrogens is 176 g/mol. The molecule has 3 nitrogen and oxygen atoms in total. The first kappa shape index (κ1) is 10.9. The number of anilines is 1. The van der Waals surface area contributed by atoms with Crippen molar-refractivity contribution in [3.05, 3.63) is 23.3 Å². The molecule has 0 amide bonds. The highest BCUT2D eigenvalue weighted by atomic mass is 16.3. The van der Waals surface area contributed by atoms with Gasteiger partial charge in [-0.25, -0.2) is 0 Å². The first-order valence-corrected chi connectivity index (χ1v) is 4.78. The maximum atomic E-state index is 9.79. The number of aryl methyl sites for hydroxylation is 1. The van der Waals surface area contributed by atoms with E-state index in [1.54, 1.807) is 6.07 Å². The highest BCUT2D eigenvalue weighted by Gasteiger charge is 2.18. The number of rotatable bonds is 2. The smallest absolute Gasteiger partial charge is 0.143 e. The number of hydrogen-bond acceptors (Lipinski definition) is 3. The van der Waals surface area contributed by atoms with Crippen molar-refractivity contribution in [1.82, 2.24) is 0 Å². The molecule has 0 aliphatic rings. The third-order valence-corrected chi connectivity index (χ3v) is 2.52. The summed E-state index contributed by atoms with van der Waals surface area (Å²) >= 11 is 0. The van der Waals surface area contributed by atoms with Crippen LogP contribution in [0, 0.1) is 12.8 Å². The van der Waals surface area contributed by atoms with Crippen LogP contribution in [-0.2, 0) is 0 Å². The van der Waals surface area contributed by atoms with Crippen molar-refractivity contribution in [2.75, 3.05) is 5.73 Å². The van der Waals surface area contributed by atoms with Crippen LogP contribution in [0.25, 0.3) is 0 Å². The predicted molar refractivity (Wildman–Crippen MR) is 59.0 cm³/mol. The summed E-state index contributed by atoms with van der Waals surface area (Å²) in [6, 6.07) is 3.41. The lowest BCUT2D eigenvalue weighted by molar-refractivity contribution is 0.440.